The van der Waals surface area contributed by atoms with Gasteiger partial charge in [0.15, 0.2) is 0 Å². The maximum absolute atomic E-state index is 11.4. The minimum Gasteiger partial charge on any atom is -0.505 e. The van der Waals surface area contributed by atoms with Gasteiger partial charge in [-0.2, -0.15) is 0 Å². The van der Waals surface area contributed by atoms with E-state index in [-0.39, 0.29) is 11.4 Å². The summed E-state index contributed by atoms with van der Waals surface area (Å²) in [6.07, 6.45) is 3.65. The van der Waals surface area contributed by atoms with Crippen LogP contribution in [0.4, 0.5) is 10.5 Å². The normalized spacial score (nSPS) is 11.6. The third kappa shape index (κ3) is 6.40. The van der Waals surface area contributed by atoms with Gasteiger partial charge in [0.2, 0.25) is 0 Å². The Morgan fingerprint density at radius 3 is 2.76 bits per heavy atom. The van der Waals surface area contributed by atoms with Crippen molar-refractivity contribution in [2.75, 3.05) is 12.3 Å². The molecule has 1 rings (SSSR count). The van der Waals surface area contributed by atoms with Gasteiger partial charge in [0.25, 0.3) is 0 Å². The number of aromatic hydroxyl groups is 1. The third-order valence-electron chi connectivity index (χ3n) is 2.41. The van der Waals surface area contributed by atoms with Crippen molar-refractivity contribution in [1.29, 1.82) is 0 Å². The predicted octanol–water partition coefficient (Wildman–Crippen LogP) is 3.56. The number of hydrogen-bond acceptors (Lipinski definition) is 4. The molecule has 0 fully saturated rings. The Bertz CT molecular complexity index is 536. The van der Waals surface area contributed by atoms with Gasteiger partial charge in [0, 0.05) is 17.1 Å². The molecule has 0 spiro atoms. The van der Waals surface area contributed by atoms with Gasteiger partial charge in [-0.15, -0.1) is 0 Å². The first-order chi connectivity index (χ1) is 9.69. The highest BCUT2D eigenvalue weighted by Crippen LogP contribution is 2.30. The molecule has 1 amide bonds. The number of nitrogens with two attached hydrogens (primary N) is 1. The number of benzene rings is 1. The molecule has 5 nitrogen and oxygen atoms in total. The number of hydrogen-bond donors (Lipinski definition) is 3. The molecule has 0 atom stereocenters. The molecular weight excluding hydrogens is 292 g/mol. The molecule has 0 saturated heterocycles. The molecule has 0 aliphatic heterocycles. The molecule has 0 heterocycles. The number of ether oxygens (including phenoxy) is 1. The van der Waals surface area contributed by atoms with Crippen molar-refractivity contribution in [3.05, 3.63) is 28.8 Å². The Morgan fingerprint density at radius 2 is 2.14 bits per heavy atom. The first-order valence-electron chi connectivity index (χ1n) is 6.60. The summed E-state index contributed by atoms with van der Waals surface area (Å²) in [6, 6.07) is 3.10. The highest BCUT2D eigenvalue weighted by atomic mass is 35.5. The lowest BCUT2D eigenvalue weighted by Gasteiger charge is -2.19. The van der Waals surface area contributed by atoms with Gasteiger partial charge in [-0.1, -0.05) is 23.8 Å². The lowest BCUT2D eigenvalue weighted by Crippen LogP contribution is -2.32. The first kappa shape index (κ1) is 17.2. The van der Waals surface area contributed by atoms with E-state index in [2.05, 4.69) is 5.32 Å². The largest absolute Gasteiger partial charge is 0.505 e. The van der Waals surface area contributed by atoms with Gasteiger partial charge in [0.1, 0.15) is 11.4 Å². The van der Waals surface area contributed by atoms with Gasteiger partial charge in [-0.25, -0.2) is 4.79 Å². The molecule has 116 valence electrons. The third-order valence-corrected chi connectivity index (χ3v) is 2.63. The van der Waals surface area contributed by atoms with Gasteiger partial charge in [-0.3, -0.25) is 0 Å². The minimum atomic E-state index is -0.510. The number of nitrogen functional groups attached to an aromatic ring is 1. The molecule has 0 aliphatic rings. The minimum absolute atomic E-state index is 0.00393. The molecule has 21 heavy (non-hydrogen) atoms. The number of rotatable bonds is 4. The summed E-state index contributed by atoms with van der Waals surface area (Å²) >= 11 is 5.87. The van der Waals surface area contributed by atoms with Crippen LogP contribution in [0.25, 0.3) is 6.08 Å². The predicted molar refractivity (Wildman–Crippen MR) is 85.4 cm³/mol. The summed E-state index contributed by atoms with van der Waals surface area (Å²) in [5.74, 6) is -0.00393. The molecule has 4 N–H and O–H groups in total. The van der Waals surface area contributed by atoms with Crippen molar-refractivity contribution >= 4 is 29.5 Å². The van der Waals surface area contributed by atoms with E-state index in [0.717, 1.165) is 0 Å². The second-order valence-corrected chi connectivity index (χ2v) is 5.99. The van der Waals surface area contributed by atoms with Crippen LogP contribution in [0.2, 0.25) is 5.02 Å². The second-order valence-electron chi connectivity index (χ2n) is 5.55. The van der Waals surface area contributed by atoms with Crippen LogP contribution in [0.15, 0.2) is 18.2 Å². The van der Waals surface area contributed by atoms with Gasteiger partial charge in [0.05, 0.1) is 5.69 Å². The monoisotopic (exact) mass is 312 g/mol. The SMILES string of the molecule is CC(C)(C)OC(=O)NCCC=Cc1cc(Cl)cc(N)c1O. The summed E-state index contributed by atoms with van der Waals surface area (Å²) in [7, 11) is 0. The lowest BCUT2D eigenvalue weighted by molar-refractivity contribution is 0.0529. The van der Waals surface area contributed by atoms with E-state index >= 15 is 0 Å². The van der Waals surface area contributed by atoms with Crippen LogP contribution < -0.4 is 11.1 Å². The highest BCUT2D eigenvalue weighted by Gasteiger charge is 2.15. The summed E-state index contributed by atoms with van der Waals surface area (Å²) in [5, 5.41) is 12.9. The molecular formula is C15H21ClN2O3. The zero-order valence-corrected chi connectivity index (χ0v) is 13.2. The number of alkyl carbamates (subject to hydrolysis) is 1. The zero-order chi connectivity index (χ0) is 16.0. The summed E-state index contributed by atoms with van der Waals surface area (Å²) in [5.41, 5.74) is 5.87. The number of phenolic OH excluding ortho intramolecular Hbond substituents is 1. The Labute approximate surface area is 129 Å². The van der Waals surface area contributed by atoms with Crippen molar-refractivity contribution in [3.63, 3.8) is 0 Å². The standard InChI is InChI=1S/C15H21ClN2O3/c1-15(2,3)21-14(20)18-7-5-4-6-10-8-11(16)9-12(17)13(10)19/h4,6,8-9,19H,5,7,17H2,1-3H3,(H,18,20). The van der Waals surface area contributed by atoms with Crippen molar-refractivity contribution in [1.82, 2.24) is 5.32 Å². The summed E-state index contributed by atoms with van der Waals surface area (Å²) in [6.45, 7) is 5.85. The van der Waals surface area contributed by atoms with Crippen LogP contribution in [0.1, 0.15) is 32.8 Å². The quantitative estimate of drug-likeness (QED) is 0.451. The first-order valence-corrected chi connectivity index (χ1v) is 6.98. The Hall–Kier alpha value is -1.88. The molecule has 0 aromatic heterocycles. The maximum atomic E-state index is 11.4. The molecule has 6 heteroatoms. The Morgan fingerprint density at radius 1 is 1.48 bits per heavy atom. The van der Waals surface area contributed by atoms with E-state index in [1.807, 2.05) is 6.08 Å². The fourth-order valence-electron chi connectivity index (χ4n) is 1.55. The van der Waals surface area contributed by atoms with Crippen molar-refractivity contribution in [2.24, 2.45) is 0 Å². The van der Waals surface area contributed by atoms with Crippen molar-refractivity contribution in [2.45, 2.75) is 32.8 Å². The fourth-order valence-corrected chi connectivity index (χ4v) is 1.79. The number of halogens is 1. The molecule has 0 unspecified atom stereocenters. The molecule has 0 bridgehead atoms. The van der Waals surface area contributed by atoms with E-state index in [4.69, 9.17) is 22.1 Å². The van der Waals surface area contributed by atoms with Gasteiger partial charge >= 0.3 is 6.09 Å². The van der Waals surface area contributed by atoms with Crippen LogP contribution in [0, 0.1) is 0 Å². The van der Waals surface area contributed by atoms with Crippen molar-refractivity contribution in [3.8, 4) is 5.75 Å². The lowest BCUT2D eigenvalue weighted by atomic mass is 10.1. The highest BCUT2D eigenvalue weighted by molar-refractivity contribution is 6.31. The average molecular weight is 313 g/mol. The van der Waals surface area contributed by atoms with Crippen LogP contribution in [-0.4, -0.2) is 23.3 Å². The number of anilines is 1. The number of amides is 1. The van der Waals surface area contributed by atoms with Crippen LogP contribution >= 0.6 is 11.6 Å². The average Bonchev–Trinajstić information content (AvgIpc) is 2.32. The van der Waals surface area contributed by atoms with Crippen LogP contribution in [0.5, 0.6) is 5.75 Å². The number of carbonyl (C=O) groups excluding carboxylic acids is 1. The van der Waals surface area contributed by atoms with Gasteiger partial charge < -0.3 is 20.9 Å². The number of nitrogens with one attached hydrogen (secondary N) is 1. The Balaban J connectivity index is 2.45. The topological polar surface area (TPSA) is 84.6 Å². The smallest absolute Gasteiger partial charge is 0.407 e. The van der Waals surface area contributed by atoms with Crippen LogP contribution in [0.3, 0.4) is 0 Å². The maximum Gasteiger partial charge on any atom is 0.407 e. The number of phenols is 1. The summed E-state index contributed by atoms with van der Waals surface area (Å²) < 4.78 is 5.11. The molecule has 0 radical (unpaired) electrons. The van der Waals surface area contributed by atoms with Gasteiger partial charge in [-0.05, 0) is 39.3 Å². The fraction of sp³-hybridized carbons (Fsp3) is 0.400. The zero-order valence-electron chi connectivity index (χ0n) is 12.4. The second kappa shape index (κ2) is 7.22. The van der Waals surface area contributed by atoms with E-state index in [0.29, 0.717) is 23.6 Å². The number of carbonyl (C=O) groups is 1. The Kier molecular flexibility index (Phi) is 5.90. The molecule has 1 aromatic carbocycles. The van der Waals surface area contributed by atoms with Crippen molar-refractivity contribution < 1.29 is 14.6 Å². The molecule has 1 aromatic rings. The molecule has 0 aliphatic carbocycles. The van der Waals surface area contributed by atoms with Crippen LogP contribution in [-0.2, 0) is 4.74 Å². The van der Waals surface area contributed by atoms with E-state index in [1.165, 1.54) is 6.07 Å². The van der Waals surface area contributed by atoms with E-state index < -0.39 is 11.7 Å². The molecule has 0 saturated carbocycles. The van der Waals surface area contributed by atoms with E-state index in [1.54, 1.807) is 32.9 Å². The summed E-state index contributed by atoms with van der Waals surface area (Å²) in [4.78, 5) is 11.4. The van der Waals surface area contributed by atoms with E-state index in [9.17, 15) is 9.90 Å².